The average molecular weight is 261 g/mol. The van der Waals surface area contributed by atoms with Crippen molar-refractivity contribution in [2.75, 3.05) is 0 Å². The van der Waals surface area contributed by atoms with Gasteiger partial charge in [-0.3, -0.25) is 0 Å². The monoisotopic (exact) mass is 261 g/mol. The number of aromatic nitrogens is 3. The molecule has 100 valence electrons. The Balaban J connectivity index is 2.87. The first kappa shape index (κ1) is 13.1. The van der Waals surface area contributed by atoms with Gasteiger partial charge in [0.1, 0.15) is 0 Å². The molecule has 1 aromatic carbocycles. The Labute approximate surface area is 109 Å². The molecule has 0 aliphatic carbocycles. The Morgan fingerprint density at radius 2 is 1.58 bits per heavy atom. The largest absolute Gasteiger partial charge is 0.340 e. The molecule has 0 aliphatic heterocycles. The maximum Gasteiger partial charge on any atom is 0.340 e. The number of benzene rings is 1. The fourth-order valence-corrected chi connectivity index (χ4v) is 1.91. The van der Waals surface area contributed by atoms with Gasteiger partial charge < -0.3 is 0 Å². The third kappa shape index (κ3) is 2.16. The normalized spacial score (nSPS) is 10.6. The Morgan fingerprint density at radius 3 is 2.16 bits per heavy atom. The maximum absolute atomic E-state index is 12.3. The van der Waals surface area contributed by atoms with E-state index >= 15 is 0 Å². The Hall–Kier alpha value is -2.37. The van der Waals surface area contributed by atoms with E-state index in [1.807, 2.05) is 6.92 Å². The van der Waals surface area contributed by atoms with E-state index in [-0.39, 0.29) is 0 Å². The number of rotatable bonds is 3. The predicted molar refractivity (Wildman–Crippen MR) is 71.8 cm³/mol. The van der Waals surface area contributed by atoms with Crippen molar-refractivity contribution in [1.82, 2.24) is 13.7 Å². The van der Waals surface area contributed by atoms with Crippen LogP contribution in [0.4, 0.5) is 0 Å². The molecule has 1 aromatic heterocycles. The molecule has 19 heavy (non-hydrogen) atoms. The third-order valence-corrected chi connectivity index (χ3v) is 2.88. The molecule has 0 atom stereocenters. The molecule has 0 bridgehead atoms. The highest BCUT2D eigenvalue weighted by molar-refractivity contribution is 5.30. The molecule has 6 heteroatoms. The number of hydrogen-bond donors (Lipinski definition) is 0. The summed E-state index contributed by atoms with van der Waals surface area (Å²) in [5.41, 5.74) is -1.35. The quantitative estimate of drug-likeness (QED) is 0.787. The Morgan fingerprint density at radius 1 is 0.947 bits per heavy atom. The molecule has 0 fully saturated rings. The van der Waals surface area contributed by atoms with Crippen LogP contribution in [-0.2, 0) is 13.6 Å². The van der Waals surface area contributed by atoms with E-state index in [9.17, 15) is 14.4 Å². The lowest BCUT2D eigenvalue weighted by molar-refractivity contribution is 0.518. The summed E-state index contributed by atoms with van der Waals surface area (Å²) in [4.78, 5) is 36.2. The van der Waals surface area contributed by atoms with E-state index in [1.54, 1.807) is 30.3 Å². The van der Waals surface area contributed by atoms with Crippen LogP contribution in [-0.4, -0.2) is 13.7 Å². The zero-order chi connectivity index (χ0) is 14.0. The van der Waals surface area contributed by atoms with E-state index < -0.39 is 17.1 Å². The van der Waals surface area contributed by atoms with Crippen molar-refractivity contribution in [2.24, 2.45) is 7.05 Å². The maximum atomic E-state index is 12.3. The summed E-state index contributed by atoms with van der Waals surface area (Å²) in [6, 6.07) is 8.57. The van der Waals surface area contributed by atoms with Gasteiger partial charge in [-0.25, -0.2) is 28.1 Å². The van der Waals surface area contributed by atoms with Crippen LogP contribution in [0.5, 0.6) is 0 Å². The predicted octanol–water partition coefficient (Wildman–Crippen LogP) is 0.108. The van der Waals surface area contributed by atoms with Gasteiger partial charge in [0.25, 0.3) is 0 Å². The second-order valence-electron chi connectivity index (χ2n) is 4.23. The molecular formula is C13H15N3O3. The van der Waals surface area contributed by atoms with Gasteiger partial charge in [0.2, 0.25) is 0 Å². The van der Waals surface area contributed by atoms with Crippen LogP contribution < -0.4 is 17.1 Å². The number of nitrogens with zero attached hydrogens (tertiary/aromatic N) is 3. The molecule has 2 aromatic rings. The topological polar surface area (TPSA) is 66.0 Å². The van der Waals surface area contributed by atoms with E-state index in [0.717, 1.165) is 13.7 Å². The molecule has 2 rings (SSSR count). The van der Waals surface area contributed by atoms with Crippen LogP contribution in [0.2, 0.25) is 0 Å². The molecule has 0 radical (unpaired) electrons. The highest BCUT2D eigenvalue weighted by Crippen LogP contribution is 1.99. The minimum atomic E-state index is -0.631. The van der Waals surface area contributed by atoms with Crippen molar-refractivity contribution >= 4 is 0 Å². The first-order valence-corrected chi connectivity index (χ1v) is 6.06. The lowest BCUT2D eigenvalue weighted by Crippen LogP contribution is -2.53. The van der Waals surface area contributed by atoms with Gasteiger partial charge in [-0.15, -0.1) is 0 Å². The SMILES string of the molecule is CCCn1c(=O)n(C)c(=O)n(-c2ccccc2)c1=O. The van der Waals surface area contributed by atoms with E-state index in [1.165, 1.54) is 7.05 Å². The molecule has 0 aliphatic rings. The van der Waals surface area contributed by atoms with Crippen molar-refractivity contribution in [3.8, 4) is 5.69 Å². The molecule has 0 spiro atoms. The molecule has 0 saturated carbocycles. The standard InChI is InChI=1S/C13H15N3O3/c1-3-9-15-11(17)14(2)12(18)16(13(15)19)10-7-5-4-6-8-10/h4-8H,3,9H2,1-2H3. The summed E-state index contributed by atoms with van der Waals surface area (Å²) >= 11 is 0. The van der Waals surface area contributed by atoms with Crippen molar-refractivity contribution in [3.63, 3.8) is 0 Å². The van der Waals surface area contributed by atoms with Crippen molar-refractivity contribution in [2.45, 2.75) is 19.9 Å². The Bertz CT molecular complexity index is 753. The van der Waals surface area contributed by atoms with Crippen LogP contribution in [0, 0.1) is 0 Å². The summed E-state index contributed by atoms with van der Waals surface area (Å²) in [7, 11) is 1.37. The molecule has 0 N–H and O–H groups in total. The minimum absolute atomic E-state index is 0.290. The zero-order valence-corrected chi connectivity index (χ0v) is 10.9. The van der Waals surface area contributed by atoms with E-state index in [4.69, 9.17) is 0 Å². The van der Waals surface area contributed by atoms with Crippen molar-refractivity contribution in [1.29, 1.82) is 0 Å². The van der Waals surface area contributed by atoms with Gasteiger partial charge in [0.15, 0.2) is 0 Å². The summed E-state index contributed by atoms with van der Waals surface area (Å²) < 4.78 is 3.04. The van der Waals surface area contributed by atoms with Crippen LogP contribution in [0.25, 0.3) is 5.69 Å². The summed E-state index contributed by atoms with van der Waals surface area (Å²) in [6.45, 7) is 2.16. The fourth-order valence-electron chi connectivity index (χ4n) is 1.91. The van der Waals surface area contributed by atoms with Crippen LogP contribution in [0.3, 0.4) is 0 Å². The molecule has 0 saturated heterocycles. The Kier molecular flexibility index (Phi) is 3.50. The first-order valence-electron chi connectivity index (χ1n) is 6.06. The highest BCUT2D eigenvalue weighted by Gasteiger charge is 2.13. The highest BCUT2D eigenvalue weighted by atomic mass is 16.2. The summed E-state index contributed by atoms with van der Waals surface area (Å²) in [5, 5.41) is 0. The summed E-state index contributed by atoms with van der Waals surface area (Å²) in [6.07, 6.45) is 0.641. The van der Waals surface area contributed by atoms with Gasteiger partial charge in [0, 0.05) is 13.6 Å². The van der Waals surface area contributed by atoms with Crippen LogP contribution >= 0.6 is 0 Å². The molecule has 1 heterocycles. The second kappa shape index (κ2) is 5.09. The van der Waals surface area contributed by atoms with Crippen LogP contribution in [0.1, 0.15) is 13.3 Å². The van der Waals surface area contributed by atoms with Gasteiger partial charge in [-0.05, 0) is 18.6 Å². The van der Waals surface area contributed by atoms with Crippen molar-refractivity contribution < 1.29 is 0 Å². The lowest BCUT2D eigenvalue weighted by Gasteiger charge is -2.10. The van der Waals surface area contributed by atoms with Gasteiger partial charge in [0.05, 0.1) is 5.69 Å². The molecular weight excluding hydrogens is 246 g/mol. The molecule has 0 unspecified atom stereocenters. The van der Waals surface area contributed by atoms with Gasteiger partial charge in [-0.2, -0.15) is 0 Å². The third-order valence-electron chi connectivity index (χ3n) is 2.88. The van der Waals surface area contributed by atoms with Gasteiger partial charge in [-0.1, -0.05) is 25.1 Å². The average Bonchev–Trinajstić information content (AvgIpc) is 2.43. The lowest BCUT2D eigenvalue weighted by atomic mass is 10.3. The number of hydrogen-bond acceptors (Lipinski definition) is 3. The van der Waals surface area contributed by atoms with Crippen molar-refractivity contribution in [3.05, 3.63) is 61.8 Å². The second-order valence-corrected chi connectivity index (χ2v) is 4.23. The van der Waals surface area contributed by atoms with Crippen LogP contribution in [0.15, 0.2) is 44.7 Å². The van der Waals surface area contributed by atoms with Gasteiger partial charge >= 0.3 is 17.1 Å². The van der Waals surface area contributed by atoms with E-state index in [2.05, 4.69) is 0 Å². The molecule has 0 amide bonds. The smallest absolute Gasteiger partial charge is 0.248 e. The van der Waals surface area contributed by atoms with E-state index in [0.29, 0.717) is 18.7 Å². The molecule has 6 nitrogen and oxygen atoms in total. The number of para-hydroxylation sites is 1. The first-order chi connectivity index (χ1) is 9.07. The summed E-state index contributed by atoms with van der Waals surface area (Å²) in [5.74, 6) is 0. The minimum Gasteiger partial charge on any atom is -0.248 e. The zero-order valence-electron chi connectivity index (χ0n) is 10.9. The fraction of sp³-hybridized carbons (Fsp3) is 0.308.